The molecule has 3 rings (SSSR count). The number of aromatic amines is 1. The van der Waals surface area contributed by atoms with Gasteiger partial charge in [0.1, 0.15) is 11.5 Å². The smallest absolute Gasteiger partial charge is 0.258 e. The van der Waals surface area contributed by atoms with Gasteiger partial charge in [-0.25, -0.2) is 4.98 Å². The number of carbonyl (C=O) groups is 2. The van der Waals surface area contributed by atoms with Crippen LogP contribution in [0.4, 0.5) is 10.8 Å². The highest BCUT2D eigenvalue weighted by Crippen LogP contribution is 2.29. The normalized spacial score (nSPS) is 10.3. The maximum atomic E-state index is 12.3. The lowest BCUT2D eigenvalue weighted by Gasteiger charge is -2.11. The van der Waals surface area contributed by atoms with E-state index in [2.05, 4.69) is 20.6 Å². The van der Waals surface area contributed by atoms with Crippen LogP contribution in [0.3, 0.4) is 0 Å². The average Bonchev–Trinajstić information content (AvgIpc) is 3.15. The highest BCUT2D eigenvalue weighted by molar-refractivity contribution is 7.14. The Morgan fingerprint density at radius 2 is 1.97 bits per heavy atom. The monoisotopic (exact) mass is 414 g/mol. The van der Waals surface area contributed by atoms with E-state index in [1.165, 1.54) is 36.8 Å². The minimum Gasteiger partial charge on any atom is -0.497 e. The molecule has 2 aromatic heterocycles. The van der Waals surface area contributed by atoms with Crippen LogP contribution in [-0.2, 0) is 11.2 Å². The van der Waals surface area contributed by atoms with Crippen molar-refractivity contribution >= 4 is 34.0 Å². The summed E-state index contributed by atoms with van der Waals surface area (Å²) in [5.74, 6) is 0.402. The Labute approximate surface area is 169 Å². The van der Waals surface area contributed by atoms with Gasteiger partial charge in [0.2, 0.25) is 11.5 Å². The minimum atomic E-state index is -0.408. The first-order chi connectivity index (χ1) is 14.0. The Morgan fingerprint density at radius 3 is 2.66 bits per heavy atom. The van der Waals surface area contributed by atoms with Crippen LogP contribution in [0.1, 0.15) is 16.1 Å². The molecule has 0 aliphatic heterocycles. The summed E-state index contributed by atoms with van der Waals surface area (Å²) in [5.41, 5.74) is 1.03. The number of pyridine rings is 1. The molecule has 2 amide bonds. The van der Waals surface area contributed by atoms with Crippen molar-refractivity contribution in [3.8, 4) is 11.5 Å². The van der Waals surface area contributed by atoms with Crippen LogP contribution >= 0.6 is 11.3 Å². The molecule has 3 aromatic rings. The van der Waals surface area contributed by atoms with E-state index in [0.29, 0.717) is 33.6 Å². The largest absolute Gasteiger partial charge is 0.497 e. The zero-order chi connectivity index (χ0) is 20.8. The molecular formula is C19H18N4O5S. The van der Waals surface area contributed by atoms with Gasteiger partial charge < -0.3 is 19.8 Å². The number of benzene rings is 1. The molecule has 0 fully saturated rings. The number of nitrogens with one attached hydrogen (secondary N) is 3. The third kappa shape index (κ3) is 5.20. The zero-order valence-electron chi connectivity index (χ0n) is 15.6. The number of amides is 2. The van der Waals surface area contributed by atoms with Crippen LogP contribution in [0.25, 0.3) is 0 Å². The van der Waals surface area contributed by atoms with Crippen LogP contribution in [-0.4, -0.2) is 36.0 Å². The van der Waals surface area contributed by atoms with Gasteiger partial charge >= 0.3 is 0 Å². The van der Waals surface area contributed by atoms with E-state index in [-0.39, 0.29) is 17.9 Å². The van der Waals surface area contributed by atoms with Crippen molar-refractivity contribution in [2.24, 2.45) is 0 Å². The van der Waals surface area contributed by atoms with Gasteiger partial charge in [0, 0.05) is 23.7 Å². The van der Waals surface area contributed by atoms with Crippen LogP contribution in [0, 0.1) is 0 Å². The lowest BCUT2D eigenvalue weighted by Crippen LogP contribution is -2.16. The summed E-state index contributed by atoms with van der Waals surface area (Å²) in [4.78, 5) is 42.2. The second kappa shape index (κ2) is 9.02. The SMILES string of the molecule is COc1ccc(NC(=O)Cc2csc(NC(=O)c3ccc(=O)[nH]c3)n2)c(OC)c1. The predicted molar refractivity (Wildman–Crippen MR) is 109 cm³/mol. The molecule has 1 aromatic carbocycles. The highest BCUT2D eigenvalue weighted by atomic mass is 32.1. The molecular weight excluding hydrogens is 396 g/mol. The first-order valence-corrected chi connectivity index (χ1v) is 9.33. The standard InChI is InChI=1S/C19H18N4O5S/c1-27-13-4-5-14(15(8-13)28-2)22-17(25)7-12-10-29-19(21-12)23-18(26)11-3-6-16(24)20-9-11/h3-6,8-10H,7H2,1-2H3,(H,20,24)(H,22,25)(H,21,23,26). The van der Waals surface area contributed by atoms with Gasteiger partial charge in [-0.15, -0.1) is 11.3 Å². The summed E-state index contributed by atoms with van der Waals surface area (Å²) in [6, 6.07) is 7.75. The number of aromatic nitrogens is 2. The number of rotatable bonds is 7. The van der Waals surface area contributed by atoms with Crippen LogP contribution in [0.2, 0.25) is 0 Å². The van der Waals surface area contributed by atoms with Crippen molar-refractivity contribution < 1.29 is 19.1 Å². The number of anilines is 2. The lowest BCUT2D eigenvalue weighted by molar-refractivity contribution is -0.115. The molecule has 0 aliphatic rings. The van der Waals surface area contributed by atoms with E-state index in [1.807, 2.05) is 0 Å². The number of nitrogens with zero attached hydrogens (tertiary/aromatic N) is 1. The van der Waals surface area contributed by atoms with Crippen molar-refractivity contribution in [1.82, 2.24) is 9.97 Å². The molecule has 2 heterocycles. The molecule has 3 N–H and O–H groups in total. The Kier molecular flexibility index (Phi) is 6.25. The molecule has 0 radical (unpaired) electrons. The summed E-state index contributed by atoms with van der Waals surface area (Å²) >= 11 is 1.20. The summed E-state index contributed by atoms with van der Waals surface area (Å²) in [6.45, 7) is 0. The van der Waals surface area contributed by atoms with E-state index in [0.717, 1.165) is 0 Å². The van der Waals surface area contributed by atoms with Gasteiger partial charge in [0.25, 0.3) is 5.91 Å². The number of H-pyrrole nitrogens is 1. The maximum absolute atomic E-state index is 12.3. The first-order valence-electron chi connectivity index (χ1n) is 8.45. The number of ether oxygens (including phenoxy) is 2. The second-order valence-electron chi connectivity index (χ2n) is 5.83. The van der Waals surface area contributed by atoms with Crippen molar-refractivity contribution in [3.63, 3.8) is 0 Å². The number of carbonyl (C=O) groups excluding carboxylic acids is 2. The summed E-state index contributed by atoms with van der Waals surface area (Å²) < 4.78 is 10.4. The van der Waals surface area contributed by atoms with Gasteiger partial charge in [-0.05, 0) is 18.2 Å². The molecule has 29 heavy (non-hydrogen) atoms. The van der Waals surface area contributed by atoms with E-state index in [9.17, 15) is 14.4 Å². The van der Waals surface area contributed by atoms with Gasteiger partial charge in [0.05, 0.1) is 37.6 Å². The molecule has 0 atom stereocenters. The molecule has 9 nitrogen and oxygen atoms in total. The Balaban J connectivity index is 1.61. The van der Waals surface area contributed by atoms with Gasteiger partial charge in [-0.3, -0.25) is 19.7 Å². The van der Waals surface area contributed by atoms with Crippen LogP contribution < -0.4 is 25.7 Å². The lowest BCUT2D eigenvalue weighted by atomic mass is 10.2. The fourth-order valence-electron chi connectivity index (χ4n) is 2.43. The van der Waals surface area contributed by atoms with Gasteiger partial charge in [-0.2, -0.15) is 0 Å². The van der Waals surface area contributed by atoms with Crippen molar-refractivity contribution in [1.29, 1.82) is 0 Å². The topological polar surface area (TPSA) is 122 Å². The van der Waals surface area contributed by atoms with E-state index < -0.39 is 5.91 Å². The fourth-order valence-corrected chi connectivity index (χ4v) is 3.13. The Hall–Kier alpha value is -3.66. The summed E-state index contributed by atoms with van der Waals surface area (Å²) in [5, 5.41) is 7.44. The summed E-state index contributed by atoms with van der Waals surface area (Å²) in [6.07, 6.45) is 1.35. The zero-order valence-corrected chi connectivity index (χ0v) is 16.5. The third-order valence-corrected chi connectivity index (χ3v) is 4.65. The quantitative estimate of drug-likeness (QED) is 0.545. The number of methoxy groups -OCH3 is 2. The predicted octanol–water partition coefficient (Wildman–Crippen LogP) is 2.28. The molecule has 0 unspecified atom stereocenters. The average molecular weight is 414 g/mol. The maximum Gasteiger partial charge on any atom is 0.258 e. The number of hydrogen-bond donors (Lipinski definition) is 3. The van der Waals surface area contributed by atoms with Crippen LogP contribution in [0.5, 0.6) is 11.5 Å². The molecule has 0 aliphatic carbocycles. The van der Waals surface area contributed by atoms with E-state index >= 15 is 0 Å². The van der Waals surface area contributed by atoms with Crippen molar-refractivity contribution in [2.45, 2.75) is 6.42 Å². The summed E-state index contributed by atoms with van der Waals surface area (Å²) in [7, 11) is 3.05. The highest BCUT2D eigenvalue weighted by Gasteiger charge is 2.13. The van der Waals surface area contributed by atoms with Gasteiger partial charge in [-0.1, -0.05) is 0 Å². The van der Waals surface area contributed by atoms with Crippen molar-refractivity contribution in [3.05, 3.63) is 63.5 Å². The Morgan fingerprint density at radius 1 is 1.14 bits per heavy atom. The van der Waals surface area contributed by atoms with E-state index in [4.69, 9.17) is 9.47 Å². The molecule has 10 heteroatoms. The second-order valence-corrected chi connectivity index (χ2v) is 6.69. The number of hydrogen-bond acceptors (Lipinski definition) is 7. The molecule has 150 valence electrons. The molecule has 0 saturated heterocycles. The van der Waals surface area contributed by atoms with Crippen molar-refractivity contribution in [2.75, 3.05) is 24.9 Å². The third-order valence-electron chi connectivity index (χ3n) is 3.84. The first kappa shape index (κ1) is 20.1. The van der Waals surface area contributed by atoms with E-state index in [1.54, 1.807) is 30.7 Å². The number of thiazole rings is 1. The minimum absolute atomic E-state index is 0.0280. The fraction of sp³-hybridized carbons (Fsp3) is 0.158. The molecule has 0 bridgehead atoms. The Bertz CT molecular complexity index is 1070. The molecule has 0 saturated carbocycles. The van der Waals surface area contributed by atoms with Gasteiger partial charge in [0.15, 0.2) is 5.13 Å². The molecule has 0 spiro atoms. The van der Waals surface area contributed by atoms with Crippen LogP contribution in [0.15, 0.2) is 46.7 Å².